The Morgan fingerprint density at radius 1 is 1.46 bits per heavy atom. The summed E-state index contributed by atoms with van der Waals surface area (Å²) >= 11 is 8.87. The maximum absolute atomic E-state index is 12.0. The van der Waals surface area contributed by atoms with Crippen LogP contribution in [0.25, 0.3) is 10.7 Å². The number of aromatic nitrogens is 3. The lowest BCUT2D eigenvalue weighted by molar-refractivity contribution is -0.113. The highest BCUT2D eigenvalue weighted by molar-refractivity contribution is 7.99. The Morgan fingerprint density at radius 3 is 3.04 bits per heavy atom. The van der Waals surface area contributed by atoms with Crippen molar-refractivity contribution in [2.75, 3.05) is 18.2 Å². The van der Waals surface area contributed by atoms with E-state index >= 15 is 0 Å². The Labute approximate surface area is 151 Å². The third-order valence-corrected chi connectivity index (χ3v) is 5.01. The van der Waals surface area contributed by atoms with Crippen LogP contribution in [-0.4, -0.2) is 34.0 Å². The van der Waals surface area contributed by atoms with Gasteiger partial charge in [-0.2, -0.15) is 0 Å². The van der Waals surface area contributed by atoms with Crippen molar-refractivity contribution in [3.63, 3.8) is 0 Å². The number of carbonyl (C=O) groups excluding carboxylic acids is 1. The minimum Gasteiger partial charge on any atom is -0.495 e. The molecule has 0 aliphatic carbocycles. The highest BCUT2D eigenvalue weighted by atomic mass is 35.5. The minimum absolute atomic E-state index is 0.163. The molecule has 6 nitrogen and oxygen atoms in total. The highest BCUT2D eigenvalue weighted by Crippen LogP contribution is 2.27. The number of thiophene rings is 1. The first-order valence-corrected chi connectivity index (χ1v) is 9.12. The normalized spacial score (nSPS) is 10.6. The molecule has 3 rings (SSSR count). The number of rotatable bonds is 6. The summed E-state index contributed by atoms with van der Waals surface area (Å²) in [4.78, 5) is 17.4. The Hall–Kier alpha value is -2.03. The third-order valence-electron chi connectivity index (χ3n) is 2.99. The van der Waals surface area contributed by atoms with Crippen LogP contribution in [-0.2, 0) is 4.79 Å². The molecule has 3 aromatic rings. The summed E-state index contributed by atoms with van der Waals surface area (Å²) in [6.07, 6.45) is 0. The molecule has 0 aliphatic rings. The molecular weight excluding hydrogens is 368 g/mol. The molecule has 0 radical (unpaired) electrons. The van der Waals surface area contributed by atoms with E-state index in [-0.39, 0.29) is 11.7 Å². The van der Waals surface area contributed by atoms with Crippen LogP contribution in [0, 0.1) is 0 Å². The summed E-state index contributed by atoms with van der Waals surface area (Å²) in [5, 5.41) is 12.7. The molecule has 0 aliphatic heterocycles. The van der Waals surface area contributed by atoms with E-state index in [9.17, 15) is 4.79 Å². The fraction of sp³-hybridized carbons (Fsp3) is 0.133. The van der Waals surface area contributed by atoms with E-state index in [1.165, 1.54) is 18.9 Å². The second kappa shape index (κ2) is 7.69. The van der Waals surface area contributed by atoms with Crippen LogP contribution in [0.3, 0.4) is 0 Å². The first kappa shape index (κ1) is 16.8. The van der Waals surface area contributed by atoms with Gasteiger partial charge < -0.3 is 10.1 Å². The van der Waals surface area contributed by atoms with Crippen molar-refractivity contribution in [1.82, 2.24) is 15.2 Å². The van der Waals surface area contributed by atoms with Crippen LogP contribution >= 0.6 is 34.7 Å². The largest absolute Gasteiger partial charge is 0.495 e. The molecule has 1 aromatic carbocycles. The van der Waals surface area contributed by atoms with Gasteiger partial charge in [0.15, 0.2) is 5.82 Å². The van der Waals surface area contributed by atoms with Gasteiger partial charge in [-0.1, -0.05) is 29.4 Å². The van der Waals surface area contributed by atoms with E-state index < -0.39 is 0 Å². The van der Waals surface area contributed by atoms with Gasteiger partial charge in [0.25, 0.3) is 0 Å². The number of anilines is 1. The lowest BCUT2D eigenvalue weighted by Gasteiger charge is -2.07. The summed E-state index contributed by atoms with van der Waals surface area (Å²) in [6, 6.07) is 8.98. The van der Waals surface area contributed by atoms with E-state index in [0.717, 1.165) is 4.88 Å². The van der Waals surface area contributed by atoms with Gasteiger partial charge in [0.05, 0.1) is 22.8 Å². The lowest BCUT2D eigenvalue weighted by atomic mass is 10.3. The number of nitrogens with one attached hydrogen (secondary N) is 2. The molecule has 124 valence electrons. The zero-order valence-corrected chi connectivity index (χ0v) is 15.0. The van der Waals surface area contributed by atoms with Crippen molar-refractivity contribution in [3.05, 3.63) is 40.7 Å². The first-order chi connectivity index (χ1) is 11.7. The number of benzene rings is 1. The number of thioether (sulfide) groups is 1. The quantitative estimate of drug-likeness (QED) is 0.633. The highest BCUT2D eigenvalue weighted by Gasteiger charge is 2.10. The molecule has 2 heterocycles. The molecule has 0 bridgehead atoms. The zero-order valence-electron chi connectivity index (χ0n) is 12.6. The number of aromatic amines is 1. The monoisotopic (exact) mass is 380 g/mol. The number of methoxy groups -OCH3 is 1. The third kappa shape index (κ3) is 4.08. The first-order valence-electron chi connectivity index (χ1n) is 6.88. The van der Waals surface area contributed by atoms with E-state index in [2.05, 4.69) is 20.5 Å². The number of carbonyl (C=O) groups is 1. The summed E-state index contributed by atoms with van der Waals surface area (Å²) < 4.78 is 5.08. The molecule has 2 aromatic heterocycles. The van der Waals surface area contributed by atoms with Crippen LogP contribution in [0.5, 0.6) is 5.75 Å². The molecule has 0 fully saturated rings. The lowest BCUT2D eigenvalue weighted by Crippen LogP contribution is -2.14. The van der Waals surface area contributed by atoms with E-state index in [0.29, 0.717) is 27.4 Å². The predicted molar refractivity (Wildman–Crippen MR) is 97.1 cm³/mol. The number of amides is 1. The van der Waals surface area contributed by atoms with Gasteiger partial charge in [-0.15, -0.1) is 16.4 Å². The predicted octanol–water partition coefficient (Wildman–Crippen LogP) is 3.93. The number of nitrogens with zero attached hydrogens (tertiary/aromatic N) is 2. The smallest absolute Gasteiger partial charge is 0.234 e. The maximum atomic E-state index is 12.0. The molecule has 0 saturated heterocycles. The SMILES string of the molecule is COc1ccc(NC(=O)CSc2n[nH]c(-c3cccs3)n2)cc1Cl. The van der Waals surface area contributed by atoms with Crippen molar-refractivity contribution >= 4 is 46.3 Å². The van der Waals surface area contributed by atoms with E-state index in [1.54, 1.807) is 29.5 Å². The summed E-state index contributed by atoms with van der Waals surface area (Å²) in [7, 11) is 1.54. The number of H-pyrrole nitrogens is 1. The van der Waals surface area contributed by atoms with Crippen LogP contribution in [0.15, 0.2) is 40.9 Å². The second-order valence-electron chi connectivity index (χ2n) is 4.63. The molecule has 0 saturated carbocycles. The van der Waals surface area contributed by atoms with Gasteiger partial charge in [-0.25, -0.2) is 4.98 Å². The Balaban J connectivity index is 1.55. The van der Waals surface area contributed by atoms with Crippen molar-refractivity contribution in [2.45, 2.75) is 5.16 Å². The molecule has 1 amide bonds. The Kier molecular flexibility index (Phi) is 5.39. The molecule has 0 spiro atoms. The van der Waals surface area contributed by atoms with E-state index in [1.807, 2.05) is 17.5 Å². The number of hydrogen-bond donors (Lipinski definition) is 2. The van der Waals surface area contributed by atoms with Crippen molar-refractivity contribution < 1.29 is 9.53 Å². The van der Waals surface area contributed by atoms with Crippen LogP contribution in [0.1, 0.15) is 0 Å². The van der Waals surface area contributed by atoms with Crippen LogP contribution in [0.4, 0.5) is 5.69 Å². The Morgan fingerprint density at radius 2 is 2.33 bits per heavy atom. The molecule has 9 heteroatoms. The molecular formula is C15H13ClN4O2S2. The summed E-state index contributed by atoms with van der Waals surface area (Å²) in [6.45, 7) is 0. The van der Waals surface area contributed by atoms with Crippen molar-refractivity contribution in [1.29, 1.82) is 0 Å². The summed E-state index contributed by atoms with van der Waals surface area (Å²) in [5.74, 6) is 1.30. The van der Waals surface area contributed by atoms with E-state index in [4.69, 9.17) is 16.3 Å². The number of hydrogen-bond acceptors (Lipinski definition) is 6. The van der Waals surface area contributed by atoms with Gasteiger partial charge in [0.2, 0.25) is 11.1 Å². The molecule has 24 heavy (non-hydrogen) atoms. The number of halogens is 1. The molecule has 0 unspecified atom stereocenters. The van der Waals surface area contributed by atoms with Gasteiger partial charge >= 0.3 is 0 Å². The van der Waals surface area contributed by atoms with Crippen LogP contribution < -0.4 is 10.1 Å². The summed E-state index contributed by atoms with van der Waals surface area (Å²) in [5.41, 5.74) is 0.612. The average Bonchev–Trinajstić information content (AvgIpc) is 3.24. The fourth-order valence-corrected chi connectivity index (χ4v) is 3.43. The van der Waals surface area contributed by atoms with Crippen molar-refractivity contribution in [2.24, 2.45) is 0 Å². The topological polar surface area (TPSA) is 79.9 Å². The second-order valence-corrected chi connectivity index (χ2v) is 6.93. The molecule has 0 atom stereocenters. The van der Waals surface area contributed by atoms with Gasteiger partial charge in [0, 0.05) is 5.69 Å². The van der Waals surface area contributed by atoms with Gasteiger partial charge in [-0.05, 0) is 29.6 Å². The Bertz CT molecular complexity index is 836. The van der Waals surface area contributed by atoms with Crippen LogP contribution in [0.2, 0.25) is 5.02 Å². The number of ether oxygens (including phenoxy) is 1. The van der Waals surface area contributed by atoms with Gasteiger partial charge in [-0.3, -0.25) is 9.89 Å². The average molecular weight is 381 g/mol. The van der Waals surface area contributed by atoms with Gasteiger partial charge in [0.1, 0.15) is 5.75 Å². The maximum Gasteiger partial charge on any atom is 0.234 e. The fourth-order valence-electron chi connectivity index (χ4n) is 1.91. The standard InChI is InChI=1S/C15H13ClN4O2S2/c1-22-11-5-4-9(7-10(11)16)17-13(21)8-24-15-18-14(19-20-15)12-3-2-6-23-12/h2-7H,8H2,1H3,(H,17,21)(H,18,19,20). The zero-order chi connectivity index (χ0) is 16.9. The minimum atomic E-state index is -0.163. The molecule has 2 N–H and O–H groups in total. The van der Waals surface area contributed by atoms with Crippen molar-refractivity contribution in [3.8, 4) is 16.5 Å².